The van der Waals surface area contributed by atoms with Gasteiger partial charge in [-0.15, -0.1) is 0 Å². The molecule has 27 heavy (non-hydrogen) atoms. The summed E-state index contributed by atoms with van der Waals surface area (Å²) in [5.41, 5.74) is 0.995. The summed E-state index contributed by atoms with van der Waals surface area (Å²) in [5.74, 6) is -1.06. The first kappa shape index (κ1) is 18.4. The summed E-state index contributed by atoms with van der Waals surface area (Å²) in [5, 5.41) is 4.41. The van der Waals surface area contributed by atoms with E-state index >= 15 is 0 Å². The Labute approximate surface area is 155 Å². The Bertz CT molecular complexity index is 970. The number of esters is 1. The van der Waals surface area contributed by atoms with Crippen LogP contribution in [-0.2, 0) is 16.1 Å². The first-order chi connectivity index (χ1) is 13.1. The number of ether oxygens (including phenoxy) is 2. The maximum Gasteiger partial charge on any atom is 0.342 e. The van der Waals surface area contributed by atoms with E-state index in [2.05, 4.69) is 5.32 Å². The molecule has 3 aromatic rings. The summed E-state index contributed by atoms with van der Waals surface area (Å²) in [4.78, 5) is 24.3. The SMILES string of the molecule is COc1cc2ccccc2cc1C(=O)OCC(=O)NCc1ccc(F)cc1. The Balaban J connectivity index is 1.60. The van der Waals surface area contributed by atoms with E-state index < -0.39 is 18.5 Å². The van der Waals surface area contributed by atoms with E-state index in [0.717, 1.165) is 16.3 Å². The molecule has 1 N–H and O–H groups in total. The zero-order valence-electron chi connectivity index (χ0n) is 14.7. The molecule has 0 saturated heterocycles. The van der Waals surface area contributed by atoms with Crippen molar-refractivity contribution in [1.82, 2.24) is 5.32 Å². The highest BCUT2D eigenvalue weighted by molar-refractivity contribution is 5.99. The molecule has 0 aromatic heterocycles. The molecular weight excluding hydrogens is 349 g/mol. The molecule has 3 rings (SSSR count). The van der Waals surface area contributed by atoms with E-state index in [1.165, 1.54) is 19.2 Å². The molecule has 0 heterocycles. The molecule has 1 amide bonds. The second-order valence-electron chi connectivity index (χ2n) is 5.88. The van der Waals surface area contributed by atoms with Crippen LogP contribution in [0.1, 0.15) is 15.9 Å². The van der Waals surface area contributed by atoms with Gasteiger partial charge >= 0.3 is 5.97 Å². The van der Waals surface area contributed by atoms with Gasteiger partial charge in [-0.2, -0.15) is 0 Å². The number of methoxy groups -OCH3 is 1. The third-order valence-corrected chi connectivity index (χ3v) is 4.03. The summed E-state index contributed by atoms with van der Waals surface area (Å²) in [6, 6.07) is 16.7. The molecule has 0 aliphatic heterocycles. The molecule has 5 nitrogen and oxygen atoms in total. The van der Waals surface area contributed by atoms with Crippen molar-refractivity contribution >= 4 is 22.6 Å². The number of hydrogen-bond acceptors (Lipinski definition) is 4. The van der Waals surface area contributed by atoms with Gasteiger partial charge < -0.3 is 14.8 Å². The van der Waals surface area contributed by atoms with Crippen LogP contribution in [0.15, 0.2) is 60.7 Å². The molecule has 0 spiro atoms. The standard InChI is InChI=1S/C21H18FNO4/c1-26-19-11-16-5-3-2-4-15(16)10-18(19)21(25)27-13-20(24)23-12-14-6-8-17(22)9-7-14/h2-11H,12-13H2,1H3,(H,23,24). The van der Waals surface area contributed by atoms with Crippen molar-refractivity contribution in [3.05, 3.63) is 77.6 Å². The zero-order valence-corrected chi connectivity index (χ0v) is 14.7. The number of carbonyl (C=O) groups is 2. The minimum absolute atomic E-state index is 0.218. The van der Waals surface area contributed by atoms with Gasteiger partial charge in [0.2, 0.25) is 0 Å². The smallest absolute Gasteiger partial charge is 0.342 e. The summed E-state index contributed by atoms with van der Waals surface area (Å²) >= 11 is 0. The second kappa shape index (κ2) is 8.31. The van der Waals surface area contributed by atoms with Gasteiger partial charge in [-0.05, 0) is 40.6 Å². The molecule has 3 aromatic carbocycles. The fraction of sp³-hybridized carbons (Fsp3) is 0.143. The Morgan fingerprint density at radius 3 is 2.33 bits per heavy atom. The fourth-order valence-electron chi connectivity index (χ4n) is 2.61. The van der Waals surface area contributed by atoms with Crippen molar-refractivity contribution in [2.75, 3.05) is 13.7 Å². The topological polar surface area (TPSA) is 64.6 Å². The van der Waals surface area contributed by atoms with Crippen molar-refractivity contribution in [2.24, 2.45) is 0 Å². The molecule has 0 aliphatic rings. The Morgan fingerprint density at radius 1 is 1.00 bits per heavy atom. The maximum atomic E-state index is 12.9. The van der Waals surface area contributed by atoms with Gasteiger partial charge in [-0.3, -0.25) is 4.79 Å². The van der Waals surface area contributed by atoms with Gasteiger partial charge in [0.15, 0.2) is 6.61 Å². The minimum atomic E-state index is -0.644. The number of rotatable bonds is 6. The average molecular weight is 367 g/mol. The third kappa shape index (κ3) is 4.61. The van der Waals surface area contributed by atoms with Crippen LogP contribution in [0, 0.1) is 5.82 Å². The highest BCUT2D eigenvalue weighted by Crippen LogP contribution is 2.26. The zero-order chi connectivity index (χ0) is 19.2. The van der Waals surface area contributed by atoms with Crippen LogP contribution in [0.2, 0.25) is 0 Å². The molecule has 138 valence electrons. The van der Waals surface area contributed by atoms with Crippen LogP contribution in [0.25, 0.3) is 10.8 Å². The highest BCUT2D eigenvalue weighted by atomic mass is 19.1. The van der Waals surface area contributed by atoms with E-state index in [1.54, 1.807) is 24.3 Å². The third-order valence-electron chi connectivity index (χ3n) is 4.03. The number of benzene rings is 3. The van der Waals surface area contributed by atoms with Gasteiger partial charge in [0, 0.05) is 6.54 Å². The summed E-state index contributed by atoms with van der Waals surface area (Å²) < 4.78 is 23.2. The van der Waals surface area contributed by atoms with Crippen LogP contribution < -0.4 is 10.1 Å². The summed E-state index contributed by atoms with van der Waals surface area (Å²) in [6.07, 6.45) is 0. The molecule has 0 unspecified atom stereocenters. The molecule has 0 bridgehead atoms. The second-order valence-corrected chi connectivity index (χ2v) is 5.88. The van der Waals surface area contributed by atoms with Crippen molar-refractivity contribution in [3.63, 3.8) is 0 Å². The number of carbonyl (C=O) groups excluding carboxylic acids is 2. The molecule has 6 heteroatoms. The lowest BCUT2D eigenvalue weighted by atomic mass is 10.1. The van der Waals surface area contributed by atoms with Crippen LogP contribution in [0.4, 0.5) is 4.39 Å². The van der Waals surface area contributed by atoms with Crippen LogP contribution in [-0.4, -0.2) is 25.6 Å². The lowest BCUT2D eigenvalue weighted by Gasteiger charge is -2.11. The molecule has 0 aliphatic carbocycles. The number of nitrogens with one attached hydrogen (secondary N) is 1. The fourth-order valence-corrected chi connectivity index (χ4v) is 2.61. The monoisotopic (exact) mass is 367 g/mol. The first-order valence-electron chi connectivity index (χ1n) is 8.32. The first-order valence-corrected chi connectivity index (χ1v) is 8.32. The van der Waals surface area contributed by atoms with Gasteiger partial charge in [-0.25, -0.2) is 9.18 Å². The Hall–Kier alpha value is -3.41. The van der Waals surface area contributed by atoms with Crippen molar-refractivity contribution in [3.8, 4) is 5.75 Å². The normalized spacial score (nSPS) is 10.4. The minimum Gasteiger partial charge on any atom is -0.496 e. The quantitative estimate of drug-likeness (QED) is 0.678. The number of halogens is 1. The predicted molar refractivity (Wildman–Crippen MR) is 99.0 cm³/mol. The molecular formula is C21H18FNO4. The van der Waals surface area contributed by atoms with Crippen molar-refractivity contribution < 1.29 is 23.5 Å². The predicted octanol–water partition coefficient (Wildman–Crippen LogP) is 3.46. The van der Waals surface area contributed by atoms with Gasteiger partial charge in [-0.1, -0.05) is 36.4 Å². The number of amides is 1. The lowest BCUT2D eigenvalue weighted by Crippen LogP contribution is -2.28. The van der Waals surface area contributed by atoms with Crippen LogP contribution in [0.5, 0.6) is 5.75 Å². The average Bonchev–Trinajstić information content (AvgIpc) is 2.70. The highest BCUT2D eigenvalue weighted by Gasteiger charge is 2.16. The maximum absolute atomic E-state index is 12.9. The van der Waals surface area contributed by atoms with E-state index in [9.17, 15) is 14.0 Å². The molecule has 0 fully saturated rings. The van der Waals surface area contributed by atoms with Crippen LogP contribution >= 0.6 is 0 Å². The van der Waals surface area contributed by atoms with E-state index in [-0.39, 0.29) is 17.9 Å². The van der Waals surface area contributed by atoms with Gasteiger partial charge in [0.05, 0.1) is 7.11 Å². The van der Waals surface area contributed by atoms with Crippen molar-refractivity contribution in [2.45, 2.75) is 6.54 Å². The van der Waals surface area contributed by atoms with Gasteiger partial charge in [0.25, 0.3) is 5.91 Å². The summed E-state index contributed by atoms with van der Waals surface area (Å²) in [7, 11) is 1.47. The molecule has 0 radical (unpaired) electrons. The van der Waals surface area contributed by atoms with Gasteiger partial charge in [0.1, 0.15) is 17.1 Å². The Morgan fingerprint density at radius 2 is 1.67 bits per heavy atom. The molecule has 0 saturated carbocycles. The molecule has 0 atom stereocenters. The summed E-state index contributed by atoms with van der Waals surface area (Å²) in [6.45, 7) is -0.202. The number of fused-ring (bicyclic) bond motifs is 1. The Kier molecular flexibility index (Phi) is 5.66. The number of hydrogen-bond donors (Lipinski definition) is 1. The van der Waals surface area contributed by atoms with E-state index in [1.807, 2.05) is 24.3 Å². The van der Waals surface area contributed by atoms with E-state index in [0.29, 0.717) is 5.75 Å². The largest absolute Gasteiger partial charge is 0.496 e. The van der Waals surface area contributed by atoms with E-state index in [4.69, 9.17) is 9.47 Å². The van der Waals surface area contributed by atoms with Crippen LogP contribution in [0.3, 0.4) is 0 Å². The van der Waals surface area contributed by atoms with Crippen molar-refractivity contribution in [1.29, 1.82) is 0 Å². The lowest BCUT2D eigenvalue weighted by molar-refractivity contribution is -0.124.